The van der Waals surface area contributed by atoms with Crippen molar-refractivity contribution in [3.63, 3.8) is 0 Å². The van der Waals surface area contributed by atoms with Crippen LogP contribution in [0.5, 0.6) is 5.75 Å². The van der Waals surface area contributed by atoms with Gasteiger partial charge >= 0.3 is 0 Å². The van der Waals surface area contributed by atoms with E-state index in [-0.39, 0.29) is 0 Å². The molecule has 0 unspecified atom stereocenters. The van der Waals surface area contributed by atoms with Crippen LogP contribution in [0.4, 0.5) is 0 Å². The molecule has 0 amide bonds. The van der Waals surface area contributed by atoms with Crippen molar-refractivity contribution in [2.75, 3.05) is 6.54 Å². The van der Waals surface area contributed by atoms with Gasteiger partial charge in [0.15, 0.2) is 0 Å². The maximum absolute atomic E-state index is 9.57. The Balaban J connectivity index is 2.74. The highest BCUT2D eigenvalue weighted by Gasteiger charge is 2.02. The third-order valence-electron chi connectivity index (χ3n) is 2.17. The Morgan fingerprint density at radius 1 is 1.36 bits per heavy atom. The average molecular weight is 191 g/mol. The molecule has 0 aliphatic heterocycles. The minimum atomic E-state index is 0.400. The summed E-state index contributed by atoms with van der Waals surface area (Å²) < 4.78 is 0. The lowest BCUT2D eigenvalue weighted by molar-refractivity contribution is 0.466. The molecule has 0 aliphatic rings. The molecule has 0 aromatic heterocycles. The summed E-state index contributed by atoms with van der Waals surface area (Å²) in [5.41, 5.74) is 3.06. The average Bonchev–Trinajstić information content (AvgIpc) is 2.14. The summed E-state index contributed by atoms with van der Waals surface area (Å²) in [7, 11) is 0. The van der Waals surface area contributed by atoms with E-state index < -0.39 is 0 Å². The largest absolute Gasteiger partial charge is 0.507 e. The van der Waals surface area contributed by atoms with Crippen LogP contribution in [-0.4, -0.2) is 11.7 Å². The number of hydrogen-bond donors (Lipinski definition) is 2. The molecule has 0 aliphatic carbocycles. The summed E-state index contributed by atoms with van der Waals surface area (Å²) in [6.07, 6.45) is 1.83. The van der Waals surface area contributed by atoms with Crippen molar-refractivity contribution in [3.8, 4) is 5.75 Å². The van der Waals surface area contributed by atoms with Crippen LogP contribution >= 0.6 is 0 Å². The summed E-state index contributed by atoms with van der Waals surface area (Å²) in [4.78, 5) is 0. The van der Waals surface area contributed by atoms with Crippen molar-refractivity contribution in [3.05, 3.63) is 41.5 Å². The van der Waals surface area contributed by atoms with Crippen LogP contribution < -0.4 is 5.32 Å². The summed E-state index contributed by atoms with van der Waals surface area (Å²) in [6, 6.07) is 4.00. The molecular weight excluding hydrogens is 174 g/mol. The van der Waals surface area contributed by atoms with Crippen LogP contribution in [0.2, 0.25) is 0 Å². The van der Waals surface area contributed by atoms with Crippen LogP contribution in [0.25, 0.3) is 0 Å². The number of aryl methyl sites for hydroxylation is 2. The normalized spacial score (nSPS) is 10.1. The zero-order chi connectivity index (χ0) is 10.6. The standard InChI is InChI=1S/C12H17NO/c1-4-5-13-8-11-6-9(2)12(14)10(3)7-11/h4,6-7,13-14H,1,5,8H2,2-3H3. The summed E-state index contributed by atoms with van der Waals surface area (Å²) in [6.45, 7) is 9.09. The van der Waals surface area contributed by atoms with E-state index in [2.05, 4.69) is 11.9 Å². The topological polar surface area (TPSA) is 32.3 Å². The lowest BCUT2D eigenvalue weighted by Gasteiger charge is -2.08. The molecule has 0 fully saturated rings. The zero-order valence-electron chi connectivity index (χ0n) is 8.80. The number of phenols is 1. The molecule has 0 saturated heterocycles. The fourth-order valence-corrected chi connectivity index (χ4v) is 1.47. The van der Waals surface area contributed by atoms with Crippen molar-refractivity contribution in [1.29, 1.82) is 0 Å². The van der Waals surface area contributed by atoms with Crippen molar-refractivity contribution >= 4 is 0 Å². The van der Waals surface area contributed by atoms with E-state index in [0.717, 1.165) is 24.2 Å². The third-order valence-corrected chi connectivity index (χ3v) is 2.17. The first-order valence-electron chi connectivity index (χ1n) is 4.76. The first-order valence-corrected chi connectivity index (χ1v) is 4.76. The highest BCUT2D eigenvalue weighted by molar-refractivity contribution is 5.42. The van der Waals surface area contributed by atoms with Crippen LogP contribution in [0, 0.1) is 13.8 Å². The van der Waals surface area contributed by atoms with E-state index in [4.69, 9.17) is 0 Å². The second-order valence-corrected chi connectivity index (χ2v) is 3.50. The Hall–Kier alpha value is -1.28. The predicted octanol–water partition coefficient (Wildman–Crippen LogP) is 2.28. The molecule has 2 nitrogen and oxygen atoms in total. The fourth-order valence-electron chi connectivity index (χ4n) is 1.47. The Morgan fingerprint density at radius 3 is 2.43 bits per heavy atom. The molecule has 0 saturated carbocycles. The Morgan fingerprint density at radius 2 is 1.93 bits per heavy atom. The van der Waals surface area contributed by atoms with Crippen LogP contribution in [-0.2, 0) is 6.54 Å². The summed E-state index contributed by atoms with van der Waals surface area (Å²) >= 11 is 0. The van der Waals surface area contributed by atoms with Gasteiger partial charge in [-0.3, -0.25) is 0 Å². The van der Waals surface area contributed by atoms with Gasteiger partial charge in [-0.1, -0.05) is 18.2 Å². The number of benzene rings is 1. The van der Waals surface area contributed by atoms with Gasteiger partial charge in [0.1, 0.15) is 5.75 Å². The molecule has 1 aromatic carbocycles. The van der Waals surface area contributed by atoms with Gasteiger partial charge in [-0.2, -0.15) is 0 Å². The highest BCUT2D eigenvalue weighted by Crippen LogP contribution is 2.22. The molecule has 76 valence electrons. The lowest BCUT2D eigenvalue weighted by Crippen LogP contribution is -2.12. The molecule has 0 spiro atoms. The third kappa shape index (κ3) is 2.60. The highest BCUT2D eigenvalue weighted by atomic mass is 16.3. The minimum absolute atomic E-state index is 0.400. The zero-order valence-corrected chi connectivity index (χ0v) is 8.80. The molecule has 1 rings (SSSR count). The Kier molecular flexibility index (Phi) is 3.72. The molecular formula is C12H17NO. The molecule has 0 heterocycles. The van der Waals surface area contributed by atoms with Gasteiger partial charge in [0.25, 0.3) is 0 Å². The van der Waals surface area contributed by atoms with Gasteiger partial charge in [-0.05, 0) is 30.5 Å². The number of rotatable bonds is 4. The van der Waals surface area contributed by atoms with Crippen LogP contribution in [0.1, 0.15) is 16.7 Å². The molecule has 0 radical (unpaired) electrons. The second kappa shape index (κ2) is 4.82. The van der Waals surface area contributed by atoms with Gasteiger partial charge in [-0.15, -0.1) is 6.58 Å². The maximum Gasteiger partial charge on any atom is 0.121 e. The van der Waals surface area contributed by atoms with Crippen LogP contribution in [0.3, 0.4) is 0 Å². The molecule has 0 bridgehead atoms. The van der Waals surface area contributed by atoms with Crippen LogP contribution in [0.15, 0.2) is 24.8 Å². The van der Waals surface area contributed by atoms with Crippen molar-refractivity contribution in [1.82, 2.24) is 5.32 Å². The van der Waals surface area contributed by atoms with E-state index in [1.807, 2.05) is 32.1 Å². The van der Waals surface area contributed by atoms with Crippen molar-refractivity contribution in [2.24, 2.45) is 0 Å². The minimum Gasteiger partial charge on any atom is -0.507 e. The monoisotopic (exact) mass is 191 g/mol. The number of phenolic OH excluding ortho intramolecular Hbond substituents is 1. The number of nitrogens with one attached hydrogen (secondary N) is 1. The van der Waals surface area contributed by atoms with Gasteiger partial charge in [0, 0.05) is 13.1 Å². The molecule has 2 heteroatoms. The number of hydrogen-bond acceptors (Lipinski definition) is 2. The Labute approximate surface area is 85.3 Å². The van der Waals surface area contributed by atoms with Gasteiger partial charge in [0.05, 0.1) is 0 Å². The molecule has 14 heavy (non-hydrogen) atoms. The summed E-state index contributed by atoms with van der Waals surface area (Å²) in [5, 5.41) is 12.8. The van der Waals surface area contributed by atoms with Gasteiger partial charge in [0.2, 0.25) is 0 Å². The smallest absolute Gasteiger partial charge is 0.121 e. The van der Waals surface area contributed by atoms with Crippen molar-refractivity contribution in [2.45, 2.75) is 20.4 Å². The molecule has 2 N–H and O–H groups in total. The number of aromatic hydroxyl groups is 1. The van der Waals surface area contributed by atoms with Gasteiger partial charge < -0.3 is 10.4 Å². The quantitative estimate of drug-likeness (QED) is 0.565. The Bertz CT molecular complexity index is 308. The fraction of sp³-hybridized carbons (Fsp3) is 0.333. The first-order chi connectivity index (χ1) is 6.65. The van der Waals surface area contributed by atoms with Gasteiger partial charge in [-0.25, -0.2) is 0 Å². The first kappa shape index (κ1) is 10.8. The predicted molar refractivity (Wildman–Crippen MR) is 59.5 cm³/mol. The molecule has 1 aromatic rings. The summed E-state index contributed by atoms with van der Waals surface area (Å²) in [5.74, 6) is 0.400. The molecule has 0 atom stereocenters. The van der Waals surface area contributed by atoms with Crippen molar-refractivity contribution < 1.29 is 5.11 Å². The lowest BCUT2D eigenvalue weighted by atomic mass is 10.1. The van der Waals surface area contributed by atoms with E-state index >= 15 is 0 Å². The SMILES string of the molecule is C=CCNCc1cc(C)c(O)c(C)c1. The van der Waals surface area contributed by atoms with E-state index in [1.165, 1.54) is 5.56 Å². The van der Waals surface area contributed by atoms with E-state index in [0.29, 0.717) is 5.75 Å². The second-order valence-electron chi connectivity index (χ2n) is 3.50. The maximum atomic E-state index is 9.57. The van der Waals surface area contributed by atoms with E-state index in [1.54, 1.807) is 0 Å². The van der Waals surface area contributed by atoms with E-state index in [9.17, 15) is 5.11 Å².